The zero-order valence-corrected chi connectivity index (χ0v) is 11.6. The highest BCUT2D eigenvalue weighted by Gasteiger charge is 2.03. The molecule has 0 aliphatic heterocycles. The van der Waals surface area contributed by atoms with Crippen molar-refractivity contribution in [3.05, 3.63) is 78.0 Å². The van der Waals surface area contributed by atoms with Crippen LogP contribution in [0, 0.1) is 0 Å². The number of rotatable bonds is 4. The lowest BCUT2D eigenvalue weighted by molar-refractivity contribution is -0.120. The molecule has 104 valence electrons. The van der Waals surface area contributed by atoms with Crippen LogP contribution in [0.1, 0.15) is 11.1 Å². The van der Waals surface area contributed by atoms with Crippen molar-refractivity contribution in [1.29, 1.82) is 0 Å². The Morgan fingerprint density at radius 2 is 1.81 bits per heavy atom. The molecule has 2 aromatic carbocycles. The lowest BCUT2D eigenvalue weighted by Gasteiger charge is -2.06. The number of aromatic nitrogens is 1. The van der Waals surface area contributed by atoms with Gasteiger partial charge >= 0.3 is 0 Å². The van der Waals surface area contributed by atoms with Gasteiger partial charge in [-0.1, -0.05) is 42.5 Å². The SMILES string of the molecule is O=C(Cc1ccccc1)NCc1ccc2ncccc2c1. The van der Waals surface area contributed by atoms with Crippen molar-refractivity contribution in [1.82, 2.24) is 10.3 Å². The van der Waals surface area contributed by atoms with E-state index < -0.39 is 0 Å². The van der Waals surface area contributed by atoms with E-state index in [0.717, 1.165) is 22.0 Å². The molecule has 3 rings (SSSR count). The number of amides is 1. The highest BCUT2D eigenvalue weighted by Crippen LogP contribution is 2.13. The Labute approximate surface area is 123 Å². The molecular weight excluding hydrogens is 260 g/mol. The second-order valence-corrected chi connectivity index (χ2v) is 4.97. The number of hydrogen-bond acceptors (Lipinski definition) is 2. The molecule has 0 saturated carbocycles. The van der Waals surface area contributed by atoms with Crippen molar-refractivity contribution in [2.75, 3.05) is 0 Å². The molecule has 3 aromatic rings. The fourth-order valence-corrected chi connectivity index (χ4v) is 2.28. The van der Waals surface area contributed by atoms with Gasteiger partial charge in [-0.3, -0.25) is 9.78 Å². The van der Waals surface area contributed by atoms with Gasteiger partial charge in [-0.2, -0.15) is 0 Å². The summed E-state index contributed by atoms with van der Waals surface area (Å²) >= 11 is 0. The predicted molar refractivity (Wildman–Crippen MR) is 83.7 cm³/mol. The summed E-state index contributed by atoms with van der Waals surface area (Å²) in [5, 5.41) is 4.04. The largest absolute Gasteiger partial charge is 0.352 e. The Bertz CT molecular complexity index is 753. The molecule has 21 heavy (non-hydrogen) atoms. The van der Waals surface area contributed by atoms with E-state index in [9.17, 15) is 4.79 Å². The lowest BCUT2D eigenvalue weighted by Crippen LogP contribution is -2.24. The van der Waals surface area contributed by atoms with E-state index in [1.54, 1.807) is 6.20 Å². The first-order valence-electron chi connectivity index (χ1n) is 6.95. The van der Waals surface area contributed by atoms with E-state index in [-0.39, 0.29) is 5.91 Å². The number of carbonyl (C=O) groups excluding carboxylic acids is 1. The zero-order valence-electron chi connectivity index (χ0n) is 11.6. The maximum atomic E-state index is 11.9. The Hall–Kier alpha value is -2.68. The molecule has 0 aliphatic rings. The van der Waals surface area contributed by atoms with Crippen molar-refractivity contribution in [2.45, 2.75) is 13.0 Å². The van der Waals surface area contributed by atoms with Gasteiger partial charge in [0.25, 0.3) is 0 Å². The Morgan fingerprint density at radius 3 is 2.67 bits per heavy atom. The van der Waals surface area contributed by atoms with Crippen LogP contribution in [0.2, 0.25) is 0 Å². The number of pyridine rings is 1. The van der Waals surface area contributed by atoms with Crippen LogP contribution in [-0.2, 0) is 17.8 Å². The summed E-state index contributed by atoms with van der Waals surface area (Å²) < 4.78 is 0. The van der Waals surface area contributed by atoms with Gasteiger partial charge in [-0.15, -0.1) is 0 Å². The summed E-state index contributed by atoms with van der Waals surface area (Å²) in [7, 11) is 0. The number of nitrogens with one attached hydrogen (secondary N) is 1. The second kappa shape index (κ2) is 6.18. The van der Waals surface area contributed by atoms with Crippen molar-refractivity contribution in [3.8, 4) is 0 Å². The first-order valence-corrected chi connectivity index (χ1v) is 6.95. The molecule has 0 bridgehead atoms. The van der Waals surface area contributed by atoms with Crippen molar-refractivity contribution >= 4 is 16.8 Å². The summed E-state index contributed by atoms with van der Waals surface area (Å²) in [6.45, 7) is 0.538. The molecule has 0 aliphatic carbocycles. The van der Waals surface area contributed by atoms with Gasteiger partial charge in [0.15, 0.2) is 0 Å². The van der Waals surface area contributed by atoms with E-state index in [1.165, 1.54) is 0 Å². The molecule has 0 unspecified atom stereocenters. The summed E-state index contributed by atoms with van der Waals surface area (Å²) in [4.78, 5) is 16.2. The predicted octanol–water partition coefficient (Wildman–Crippen LogP) is 3.09. The fourth-order valence-electron chi connectivity index (χ4n) is 2.28. The Kier molecular flexibility index (Phi) is 3.92. The smallest absolute Gasteiger partial charge is 0.224 e. The van der Waals surface area contributed by atoms with Crippen LogP contribution in [0.15, 0.2) is 66.9 Å². The summed E-state index contributed by atoms with van der Waals surface area (Å²) in [6, 6.07) is 19.7. The van der Waals surface area contributed by atoms with Crippen LogP contribution < -0.4 is 5.32 Å². The highest BCUT2D eigenvalue weighted by molar-refractivity contribution is 5.80. The number of nitrogens with zero attached hydrogens (tertiary/aromatic N) is 1. The zero-order chi connectivity index (χ0) is 14.5. The third-order valence-electron chi connectivity index (χ3n) is 3.36. The monoisotopic (exact) mass is 276 g/mol. The molecule has 1 N–H and O–H groups in total. The average Bonchev–Trinajstić information content (AvgIpc) is 2.54. The minimum absolute atomic E-state index is 0.0347. The normalized spacial score (nSPS) is 10.5. The molecule has 1 heterocycles. The molecule has 0 atom stereocenters. The molecule has 0 radical (unpaired) electrons. The Balaban J connectivity index is 1.62. The van der Waals surface area contributed by atoms with Crippen molar-refractivity contribution in [2.24, 2.45) is 0 Å². The fraction of sp³-hybridized carbons (Fsp3) is 0.111. The molecule has 0 fully saturated rings. The highest BCUT2D eigenvalue weighted by atomic mass is 16.1. The first-order chi connectivity index (χ1) is 10.3. The van der Waals surface area contributed by atoms with Gasteiger partial charge < -0.3 is 5.32 Å². The van der Waals surface area contributed by atoms with Crippen LogP contribution in [-0.4, -0.2) is 10.9 Å². The summed E-state index contributed by atoms with van der Waals surface area (Å²) in [5.74, 6) is 0.0347. The molecule has 1 aromatic heterocycles. The topological polar surface area (TPSA) is 42.0 Å². The quantitative estimate of drug-likeness (QED) is 0.795. The standard InChI is InChI=1S/C18H16N2O/c21-18(12-14-5-2-1-3-6-14)20-13-15-8-9-17-16(11-15)7-4-10-19-17/h1-11H,12-13H2,(H,20,21). The van der Waals surface area contributed by atoms with Crippen LogP contribution in [0.3, 0.4) is 0 Å². The van der Waals surface area contributed by atoms with Crippen LogP contribution >= 0.6 is 0 Å². The number of hydrogen-bond donors (Lipinski definition) is 1. The van der Waals surface area contributed by atoms with Gasteiger partial charge in [0, 0.05) is 18.1 Å². The van der Waals surface area contributed by atoms with Crippen molar-refractivity contribution in [3.63, 3.8) is 0 Å². The maximum Gasteiger partial charge on any atom is 0.224 e. The van der Waals surface area contributed by atoms with E-state index in [1.807, 2.05) is 54.6 Å². The Morgan fingerprint density at radius 1 is 0.952 bits per heavy atom. The molecule has 1 amide bonds. The second-order valence-electron chi connectivity index (χ2n) is 4.97. The minimum atomic E-state index is 0.0347. The lowest BCUT2D eigenvalue weighted by atomic mass is 10.1. The van der Waals surface area contributed by atoms with Gasteiger partial charge in [-0.05, 0) is 29.3 Å². The van der Waals surface area contributed by atoms with Gasteiger partial charge in [-0.25, -0.2) is 0 Å². The minimum Gasteiger partial charge on any atom is -0.352 e. The third kappa shape index (κ3) is 3.45. The number of carbonyl (C=O) groups is 1. The molecule has 0 saturated heterocycles. The van der Waals surface area contributed by atoms with Crippen LogP contribution in [0.5, 0.6) is 0 Å². The number of benzene rings is 2. The molecular formula is C18H16N2O. The molecule has 3 nitrogen and oxygen atoms in total. The summed E-state index contributed by atoms with van der Waals surface area (Å²) in [6.07, 6.45) is 2.19. The molecule has 0 spiro atoms. The maximum absolute atomic E-state index is 11.9. The van der Waals surface area contributed by atoms with E-state index in [4.69, 9.17) is 0 Å². The number of fused-ring (bicyclic) bond motifs is 1. The van der Waals surface area contributed by atoms with Crippen molar-refractivity contribution < 1.29 is 4.79 Å². The molecule has 3 heteroatoms. The van der Waals surface area contributed by atoms with Crippen LogP contribution in [0.4, 0.5) is 0 Å². The van der Waals surface area contributed by atoms with Gasteiger partial charge in [0.2, 0.25) is 5.91 Å². The first kappa shape index (κ1) is 13.3. The summed E-state index contributed by atoms with van der Waals surface area (Å²) in [5.41, 5.74) is 3.08. The van der Waals surface area contributed by atoms with Gasteiger partial charge in [0.05, 0.1) is 11.9 Å². The third-order valence-corrected chi connectivity index (χ3v) is 3.36. The average molecular weight is 276 g/mol. The van der Waals surface area contributed by atoms with E-state index in [0.29, 0.717) is 13.0 Å². The van der Waals surface area contributed by atoms with Crippen LogP contribution in [0.25, 0.3) is 10.9 Å². The van der Waals surface area contributed by atoms with E-state index in [2.05, 4.69) is 16.4 Å². The van der Waals surface area contributed by atoms with Gasteiger partial charge in [0.1, 0.15) is 0 Å². The van der Waals surface area contributed by atoms with E-state index >= 15 is 0 Å².